The highest BCUT2D eigenvalue weighted by molar-refractivity contribution is 6.29. The molecule has 1 aliphatic carbocycles. The smallest absolute Gasteiger partial charge is 0.169 e. The summed E-state index contributed by atoms with van der Waals surface area (Å²) in [4.78, 5) is 23.9. The Morgan fingerprint density at radius 3 is 2.24 bits per heavy atom. The van der Waals surface area contributed by atoms with Crippen LogP contribution < -0.4 is 0 Å². The van der Waals surface area contributed by atoms with Crippen molar-refractivity contribution >= 4 is 17.1 Å². The van der Waals surface area contributed by atoms with E-state index in [4.69, 9.17) is 0 Å². The SMILES string of the molecule is Cc1ccc(C2=CC(=O)CC(C)(C)C2=O)cc1. The van der Waals surface area contributed by atoms with Crippen LogP contribution in [-0.2, 0) is 9.59 Å². The predicted molar refractivity (Wildman–Crippen MR) is 67.6 cm³/mol. The molecule has 0 aromatic heterocycles. The summed E-state index contributed by atoms with van der Waals surface area (Å²) in [6, 6.07) is 7.70. The molecule has 0 bridgehead atoms. The van der Waals surface area contributed by atoms with Crippen molar-refractivity contribution in [3.8, 4) is 0 Å². The second-order valence-electron chi connectivity index (χ2n) is 5.28. The van der Waals surface area contributed by atoms with Crippen LogP contribution in [0.2, 0.25) is 0 Å². The first-order valence-electron chi connectivity index (χ1n) is 5.76. The summed E-state index contributed by atoms with van der Waals surface area (Å²) in [5, 5.41) is 0. The van der Waals surface area contributed by atoms with Gasteiger partial charge in [-0.15, -0.1) is 0 Å². The number of benzene rings is 1. The minimum Gasteiger partial charge on any atom is -0.295 e. The van der Waals surface area contributed by atoms with Gasteiger partial charge in [0.2, 0.25) is 0 Å². The van der Waals surface area contributed by atoms with Crippen LogP contribution in [-0.4, -0.2) is 11.6 Å². The third-order valence-electron chi connectivity index (χ3n) is 3.14. The zero-order valence-electron chi connectivity index (χ0n) is 10.4. The zero-order chi connectivity index (χ0) is 12.6. The van der Waals surface area contributed by atoms with E-state index in [9.17, 15) is 9.59 Å². The average Bonchev–Trinajstić information content (AvgIpc) is 2.24. The van der Waals surface area contributed by atoms with Gasteiger partial charge in [0.05, 0.1) is 0 Å². The Balaban J connectivity index is 2.47. The van der Waals surface area contributed by atoms with E-state index in [0.717, 1.165) is 11.1 Å². The van der Waals surface area contributed by atoms with Crippen LogP contribution in [0.4, 0.5) is 0 Å². The molecule has 17 heavy (non-hydrogen) atoms. The standard InChI is InChI=1S/C15H16O2/c1-10-4-6-11(7-5-10)13-8-12(16)9-15(2,3)14(13)17/h4-8H,9H2,1-3H3. The van der Waals surface area contributed by atoms with Gasteiger partial charge in [0, 0.05) is 17.4 Å². The lowest BCUT2D eigenvalue weighted by atomic mass is 9.74. The molecule has 0 saturated carbocycles. The number of ketones is 2. The molecule has 0 atom stereocenters. The molecule has 88 valence electrons. The van der Waals surface area contributed by atoms with Crippen molar-refractivity contribution in [1.82, 2.24) is 0 Å². The van der Waals surface area contributed by atoms with E-state index in [-0.39, 0.29) is 11.6 Å². The van der Waals surface area contributed by atoms with Gasteiger partial charge in [-0.1, -0.05) is 43.7 Å². The summed E-state index contributed by atoms with van der Waals surface area (Å²) >= 11 is 0. The summed E-state index contributed by atoms with van der Waals surface area (Å²) in [7, 11) is 0. The fourth-order valence-electron chi connectivity index (χ4n) is 2.11. The van der Waals surface area contributed by atoms with Crippen molar-refractivity contribution in [2.24, 2.45) is 5.41 Å². The van der Waals surface area contributed by atoms with Gasteiger partial charge in [0.1, 0.15) is 0 Å². The number of hydrogen-bond acceptors (Lipinski definition) is 2. The van der Waals surface area contributed by atoms with Crippen LogP contribution in [0.1, 0.15) is 31.4 Å². The lowest BCUT2D eigenvalue weighted by molar-refractivity contribution is -0.127. The zero-order valence-corrected chi connectivity index (χ0v) is 10.4. The lowest BCUT2D eigenvalue weighted by Gasteiger charge is -2.27. The summed E-state index contributed by atoms with van der Waals surface area (Å²) < 4.78 is 0. The Labute approximate surface area is 101 Å². The maximum Gasteiger partial charge on any atom is 0.169 e. The summed E-state index contributed by atoms with van der Waals surface area (Å²) in [6.07, 6.45) is 1.79. The highest BCUT2D eigenvalue weighted by atomic mass is 16.1. The first kappa shape index (κ1) is 11.8. The normalized spacial score (nSPS) is 19.1. The number of allylic oxidation sites excluding steroid dienone is 2. The molecular weight excluding hydrogens is 212 g/mol. The van der Waals surface area contributed by atoms with Crippen LogP contribution in [0.5, 0.6) is 0 Å². The predicted octanol–water partition coefficient (Wildman–Crippen LogP) is 2.95. The molecule has 0 unspecified atom stereocenters. The van der Waals surface area contributed by atoms with Crippen LogP contribution in [0, 0.1) is 12.3 Å². The molecule has 1 aromatic carbocycles. The van der Waals surface area contributed by atoms with E-state index in [1.807, 2.05) is 45.0 Å². The first-order chi connectivity index (χ1) is 7.90. The summed E-state index contributed by atoms with van der Waals surface area (Å²) in [5.74, 6) is 0.0890. The van der Waals surface area contributed by atoms with Gasteiger partial charge in [-0.2, -0.15) is 0 Å². The van der Waals surface area contributed by atoms with Crippen LogP contribution in [0.15, 0.2) is 30.3 Å². The number of carbonyl (C=O) groups is 2. The van der Waals surface area contributed by atoms with Crippen molar-refractivity contribution in [2.75, 3.05) is 0 Å². The molecule has 0 fully saturated rings. The molecule has 0 heterocycles. The molecule has 2 rings (SSSR count). The van der Waals surface area contributed by atoms with Gasteiger partial charge in [-0.05, 0) is 18.6 Å². The molecule has 0 N–H and O–H groups in total. The van der Waals surface area contributed by atoms with E-state index in [0.29, 0.717) is 12.0 Å². The van der Waals surface area contributed by atoms with E-state index >= 15 is 0 Å². The monoisotopic (exact) mass is 228 g/mol. The maximum atomic E-state index is 12.3. The summed E-state index contributed by atoms with van der Waals surface area (Å²) in [6.45, 7) is 5.65. The second-order valence-corrected chi connectivity index (χ2v) is 5.28. The number of Topliss-reactive ketones (excluding diaryl/α,β-unsaturated/α-hetero) is 1. The van der Waals surface area contributed by atoms with Crippen LogP contribution >= 0.6 is 0 Å². The van der Waals surface area contributed by atoms with Crippen LogP contribution in [0.3, 0.4) is 0 Å². The van der Waals surface area contributed by atoms with E-state index in [2.05, 4.69) is 0 Å². The quantitative estimate of drug-likeness (QED) is 0.740. The molecule has 0 spiro atoms. The van der Waals surface area contributed by atoms with Gasteiger partial charge < -0.3 is 0 Å². The van der Waals surface area contributed by atoms with Crippen molar-refractivity contribution in [3.63, 3.8) is 0 Å². The number of rotatable bonds is 1. The molecular formula is C15H16O2. The number of carbonyl (C=O) groups excluding carboxylic acids is 2. The Morgan fingerprint density at radius 1 is 1.06 bits per heavy atom. The highest BCUT2D eigenvalue weighted by Crippen LogP contribution is 2.34. The molecule has 0 amide bonds. The van der Waals surface area contributed by atoms with Gasteiger partial charge in [-0.3, -0.25) is 9.59 Å². The molecule has 0 saturated heterocycles. The number of hydrogen-bond donors (Lipinski definition) is 0. The Bertz CT molecular complexity index is 504. The molecule has 0 radical (unpaired) electrons. The van der Waals surface area contributed by atoms with Crippen molar-refractivity contribution in [2.45, 2.75) is 27.2 Å². The number of aryl methyl sites for hydroxylation is 1. The van der Waals surface area contributed by atoms with Gasteiger partial charge in [0.25, 0.3) is 0 Å². The van der Waals surface area contributed by atoms with Crippen molar-refractivity contribution in [3.05, 3.63) is 41.5 Å². The second kappa shape index (κ2) is 3.95. The van der Waals surface area contributed by atoms with E-state index in [1.54, 1.807) is 0 Å². The summed E-state index contributed by atoms with van der Waals surface area (Å²) in [5.41, 5.74) is 1.95. The van der Waals surface area contributed by atoms with Crippen molar-refractivity contribution < 1.29 is 9.59 Å². The van der Waals surface area contributed by atoms with Gasteiger partial charge in [-0.25, -0.2) is 0 Å². The maximum absolute atomic E-state index is 12.3. The van der Waals surface area contributed by atoms with Gasteiger partial charge in [0.15, 0.2) is 11.6 Å². The van der Waals surface area contributed by atoms with Crippen LogP contribution in [0.25, 0.3) is 5.57 Å². The molecule has 1 aromatic rings. The topological polar surface area (TPSA) is 34.1 Å². The Kier molecular flexibility index (Phi) is 2.74. The highest BCUT2D eigenvalue weighted by Gasteiger charge is 2.36. The van der Waals surface area contributed by atoms with E-state index in [1.165, 1.54) is 6.08 Å². The third-order valence-corrected chi connectivity index (χ3v) is 3.14. The lowest BCUT2D eigenvalue weighted by Crippen LogP contribution is -2.31. The average molecular weight is 228 g/mol. The third kappa shape index (κ3) is 2.21. The largest absolute Gasteiger partial charge is 0.295 e. The van der Waals surface area contributed by atoms with Gasteiger partial charge >= 0.3 is 0 Å². The molecule has 2 nitrogen and oxygen atoms in total. The molecule has 2 heteroatoms. The Hall–Kier alpha value is -1.70. The molecule has 1 aliphatic rings. The first-order valence-corrected chi connectivity index (χ1v) is 5.76. The Morgan fingerprint density at radius 2 is 1.65 bits per heavy atom. The van der Waals surface area contributed by atoms with Crippen molar-refractivity contribution in [1.29, 1.82) is 0 Å². The van der Waals surface area contributed by atoms with E-state index < -0.39 is 5.41 Å². The minimum atomic E-state index is -0.577. The fourth-order valence-corrected chi connectivity index (χ4v) is 2.11. The molecule has 0 aliphatic heterocycles. The minimum absolute atomic E-state index is 0.0326. The fraction of sp³-hybridized carbons (Fsp3) is 0.333.